The summed E-state index contributed by atoms with van der Waals surface area (Å²) < 4.78 is 1.25. The van der Waals surface area contributed by atoms with Gasteiger partial charge in [-0.3, -0.25) is 4.90 Å². The number of halogens is 1. The van der Waals surface area contributed by atoms with Crippen molar-refractivity contribution in [1.82, 2.24) is 9.88 Å². The molecule has 86 valence electrons. The monoisotopic (exact) mass is 254 g/mol. The molecule has 0 saturated carbocycles. The van der Waals surface area contributed by atoms with E-state index in [1.807, 2.05) is 13.0 Å². The predicted octanol–water partition coefficient (Wildman–Crippen LogP) is 3.36. The fourth-order valence-corrected chi connectivity index (χ4v) is 3.00. The second-order valence-electron chi connectivity index (χ2n) is 4.05. The van der Waals surface area contributed by atoms with E-state index in [0.717, 1.165) is 23.6 Å². The molecule has 16 heavy (non-hydrogen) atoms. The molecule has 0 bridgehead atoms. The van der Waals surface area contributed by atoms with Crippen LogP contribution in [0.25, 0.3) is 10.2 Å². The van der Waals surface area contributed by atoms with Gasteiger partial charge in [-0.2, -0.15) is 0 Å². The van der Waals surface area contributed by atoms with E-state index in [9.17, 15) is 0 Å². The Morgan fingerprint density at radius 1 is 1.44 bits per heavy atom. The van der Waals surface area contributed by atoms with Gasteiger partial charge in [0.05, 0.1) is 16.8 Å². The van der Waals surface area contributed by atoms with Crippen molar-refractivity contribution in [2.45, 2.75) is 18.8 Å². The van der Waals surface area contributed by atoms with E-state index in [4.69, 9.17) is 11.6 Å². The number of rotatable bonds is 4. The molecule has 0 aliphatic heterocycles. The second-order valence-corrected chi connectivity index (χ2v) is 5.91. The molecular weight excluding hydrogens is 240 g/mol. The van der Waals surface area contributed by atoms with Crippen molar-refractivity contribution >= 4 is 33.2 Å². The van der Waals surface area contributed by atoms with E-state index in [-0.39, 0.29) is 5.38 Å². The first-order valence-electron chi connectivity index (χ1n) is 5.32. The second kappa shape index (κ2) is 5.13. The van der Waals surface area contributed by atoms with Crippen molar-refractivity contribution in [2.75, 3.05) is 13.6 Å². The molecule has 1 aromatic heterocycles. The van der Waals surface area contributed by atoms with Gasteiger partial charge in [0, 0.05) is 11.9 Å². The third kappa shape index (κ3) is 2.94. The van der Waals surface area contributed by atoms with Gasteiger partial charge in [0.1, 0.15) is 5.01 Å². The summed E-state index contributed by atoms with van der Waals surface area (Å²) in [5, 5.41) is 1.33. The number of nitrogens with zero attached hydrogens (tertiary/aromatic N) is 2. The van der Waals surface area contributed by atoms with Crippen molar-refractivity contribution in [3.63, 3.8) is 0 Å². The van der Waals surface area contributed by atoms with Gasteiger partial charge in [-0.25, -0.2) is 4.98 Å². The number of aromatic nitrogens is 1. The first-order valence-corrected chi connectivity index (χ1v) is 6.57. The quantitative estimate of drug-likeness (QED) is 0.778. The minimum Gasteiger partial charge on any atom is -0.298 e. The van der Waals surface area contributed by atoms with Crippen molar-refractivity contribution in [3.05, 3.63) is 29.3 Å². The zero-order valence-electron chi connectivity index (χ0n) is 9.48. The summed E-state index contributed by atoms with van der Waals surface area (Å²) in [5.41, 5.74) is 1.09. The van der Waals surface area contributed by atoms with Gasteiger partial charge >= 0.3 is 0 Å². The molecule has 2 nitrogen and oxygen atoms in total. The lowest BCUT2D eigenvalue weighted by atomic mass is 10.3. The number of alkyl halides is 1. The molecule has 2 rings (SSSR count). The van der Waals surface area contributed by atoms with Gasteiger partial charge < -0.3 is 0 Å². The number of fused-ring (bicyclic) bond motifs is 1. The lowest BCUT2D eigenvalue weighted by molar-refractivity contribution is 0.329. The minimum atomic E-state index is 0.180. The maximum Gasteiger partial charge on any atom is 0.108 e. The van der Waals surface area contributed by atoms with E-state index < -0.39 is 0 Å². The Morgan fingerprint density at radius 2 is 2.19 bits per heavy atom. The van der Waals surface area contributed by atoms with Gasteiger partial charge in [-0.05, 0) is 26.1 Å². The van der Waals surface area contributed by atoms with Crippen LogP contribution in [0.2, 0.25) is 0 Å². The Labute approximate surface area is 105 Å². The van der Waals surface area contributed by atoms with Crippen LogP contribution in [0, 0.1) is 0 Å². The first-order chi connectivity index (χ1) is 7.65. The highest BCUT2D eigenvalue weighted by atomic mass is 35.5. The zero-order valence-corrected chi connectivity index (χ0v) is 11.1. The predicted molar refractivity (Wildman–Crippen MR) is 71.3 cm³/mol. The van der Waals surface area contributed by atoms with Gasteiger partial charge in [0.25, 0.3) is 0 Å². The molecule has 0 fully saturated rings. The number of hydrogen-bond donors (Lipinski definition) is 0. The van der Waals surface area contributed by atoms with E-state index in [1.165, 1.54) is 4.70 Å². The highest BCUT2D eigenvalue weighted by molar-refractivity contribution is 7.18. The summed E-state index contributed by atoms with van der Waals surface area (Å²) in [6, 6.07) is 8.24. The Morgan fingerprint density at radius 3 is 2.88 bits per heavy atom. The van der Waals surface area contributed by atoms with Crippen molar-refractivity contribution < 1.29 is 0 Å². The van der Waals surface area contributed by atoms with Crippen LogP contribution in [0.1, 0.15) is 11.9 Å². The Bertz CT molecular complexity index is 434. The molecular formula is C12H15ClN2S. The Hall–Kier alpha value is -0.640. The summed E-state index contributed by atoms with van der Waals surface area (Å²) in [4.78, 5) is 6.80. The van der Waals surface area contributed by atoms with Crippen molar-refractivity contribution in [2.24, 2.45) is 0 Å². The molecule has 1 heterocycles. The normalized spacial score (nSPS) is 13.5. The van der Waals surface area contributed by atoms with Gasteiger partial charge in [0.2, 0.25) is 0 Å². The third-order valence-electron chi connectivity index (χ3n) is 2.31. The summed E-state index contributed by atoms with van der Waals surface area (Å²) in [7, 11) is 2.07. The highest BCUT2D eigenvalue weighted by Gasteiger charge is 2.08. The molecule has 0 radical (unpaired) electrons. The summed E-state index contributed by atoms with van der Waals surface area (Å²) >= 11 is 7.72. The SMILES string of the molecule is CC(Cl)CN(C)Cc1nc2ccccc2s1. The van der Waals surface area contributed by atoms with Crippen LogP contribution < -0.4 is 0 Å². The molecule has 2 aromatic rings. The van der Waals surface area contributed by atoms with Crippen LogP contribution in [-0.4, -0.2) is 28.9 Å². The van der Waals surface area contributed by atoms with Crippen LogP contribution >= 0.6 is 22.9 Å². The average Bonchev–Trinajstić information content (AvgIpc) is 2.57. The summed E-state index contributed by atoms with van der Waals surface area (Å²) in [5.74, 6) is 0. The molecule has 0 saturated heterocycles. The fourth-order valence-electron chi connectivity index (χ4n) is 1.71. The smallest absolute Gasteiger partial charge is 0.108 e. The molecule has 0 amide bonds. The largest absolute Gasteiger partial charge is 0.298 e. The van der Waals surface area contributed by atoms with Crippen LogP contribution in [0.15, 0.2) is 24.3 Å². The first kappa shape index (κ1) is 11.8. The number of benzene rings is 1. The number of para-hydroxylation sites is 1. The van der Waals surface area contributed by atoms with Crippen molar-refractivity contribution in [1.29, 1.82) is 0 Å². The molecule has 1 atom stereocenters. The Balaban J connectivity index is 2.09. The summed E-state index contributed by atoms with van der Waals surface area (Å²) in [6.07, 6.45) is 0. The average molecular weight is 255 g/mol. The zero-order chi connectivity index (χ0) is 11.5. The maximum absolute atomic E-state index is 5.96. The highest BCUT2D eigenvalue weighted by Crippen LogP contribution is 2.22. The Kier molecular flexibility index (Phi) is 3.79. The number of hydrogen-bond acceptors (Lipinski definition) is 3. The molecule has 1 aromatic carbocycles. The lowest BCUT2D eigenvalue weighted by Gasteiger charge is -2.15. The molecule has 0 spiro atoms. The van der Waals surface area contributed by atoms with E-state index in [2.05, 4.69) is 35.1 Å². The van der Waals surface area contributed by atoms with Crippen LogP contribution in [0.5, 0.6) is 0 Å². The lowest BCUT2D eigenvalue weighted by Crippen LogP contribution is -2.24. The van der Waals surface area contributed by atoms with E-state index in [1.54, 1.807) is 11.3 Å². The molecule has 0 aliphatic rings. The van der Waals surface area contributed by atoms with E-state index in [0.29, 0.717) is 0 Å². The molecule has 0 N–H and O–H groups in total. The van der Waals surface area contributed by atoms with Gasteiger partial charge in [0.15, 0.2) is 0 Å². The number of thiazole rings is 1. The fraction of sp³-hybridized carbons (Fsp3) is 0.417. The maximum atomic E-state index is 5.96. The van der Waals surface area contributed by atoms with Crippen LogP contribution in [-0.2, 0) is 6.54 Å². The standard InChI is InChI=1S/C12H15ClN2S/c1-9(13)7-15(2)8-12-14-10-5-3-4-6-11(10)16-12/h3-6,9H,7-8H2,1-2H3. The molecule has 1 unspecified atom stereocenters. The van der Waals surface area contributed by atoms with Gasteiger partial charge in [-0.15, -0.1) is 22.9 Å². The summed E-state index contributed by atoms with van der Waals surface area (Å²) in [6.45, 7) is 3.77. The van der Waals surface area contributed by atoms with Crippen LogP contribution in [0.3, 0.4) is 0 Å². The molecule has 4 heteroatoms. The third-order valence-corrected chi connectivity index (χ3v) is 3.47. The topological polar surface area (TPSA) is 16.1 Å². The molecule has 0 aliphatic carbocycles. The van der Waals surface area contributed by atoms with Crippen molar-refractivity contribution in [3.8, 4) is 0 Å². The van der Waals surface area contributed by atoms with Gasteiger partial charge in [-0.1, -0.05) is 12.1 Å². The minimum absolute atomic E-state index is 0.180. The van der Waals surface area contributed by atoms with Crippen LogP contribution in [0.4, 0.5) is 0 Å². The van der Waals surface area contributed by atoms with E-state index >= 15 is 0 Å².